The second-order valence-electron chi connectivity index (χ2n) is 5.41. The van der Waals surface area contributed by atoms with Crippen molar-refractivity contribution >= 4 is 17.5 Å². The molecule has 2 aromatic rings. The molecule has 0 radical (unpaired) electrons. The van der Waals surface area contributed by atoms with E-state index >= 15 is 0 Å². The number of carbonyl (C=O) groups is 2. The van der Waals surface area contributed by atoms with Gasteiger partial charge in [-0.1, -0.05) is 30.3 Å². The number of nitrogens with one attached hydrogen (secondary N) is 1. The number of aryl methyl sites for hydroxylation is 1. The highest BCUT2D eigenvalue weighted by atomic mass is 19.1. The highest BCUT2D eigenvalue weighted by Crippen LogP contribution is 2.10. The summed E-state index contributed by atoms with van der Waals surface area (Å²) in [4.78, 5) is 25.5. The lowest BCUT2D eigenvalue weighted by Crippen LogP contribution is -2.35. The molecule has 0 saturated heterocycles. The molecule has 0 saturated carbocycles. The first-order valence-corrected chi connectivity index (χ1v) is 7.29. The molecule has 0 aliphatic rings. The van der Waals surface area contributed by atoms with Crippen LogP contribution < -0.4 is 5.32 Å². The lowest BCUT2D eigenvalue weighted by molar-refractivity contribution is -0.132. The fourth-order valence-electron chi connectivity index (χ4n) is 2.18. The van der Waals surface area contributed by atoms with Gasteiger partial charge in [-0.15, -0.1) is 0 Å². The maximum atomic E-state index is 13.1. The van der Waals surface area contributed by atoms with E-state index in [1.54, 1.807) is 13.1 Å². The van der Waals surface area contributed by atoms with Crippen LogP contribution in [0.2, 0.25) is 0 Å². The summed E-state index contributed by atoms with van der Waals surface area (Å²) in [5.41, 5.74) is 2.35. The second-order valence-corrected chi connectivity index (χ2v) is 5.41. The topological polar surface area (TPSA) is 49.4 Å². The van der Waals surface area contributed by atoms with Crippen LogP contribution >= 0.6 is 0 Å². The smallest absolute Gasteiger partial charge is 0.243 e. The first-order chi connectivity index (χ1) is 11.0. The first kappa shape index (κ1) is 16.7. The van der Waals surface area contributed by atoms with Crippen molar-refractivity contribution in [1.82, 2.24) is 4.90 Å². The van der Waals surface area contributed by atoms with E-state index in [9.17, 15) is 14.0 Å². The van der Waals surface area contributed by atoms with Gasteiger partial charge in [0.05, 0.1) is 13.0 Å². The zero-order chi connectivity index (χ0) is 16.8. The molecule has 1 N–H and O–H groups in total. The van der Waals surface area contributed by atoms with Gasteiger partial charge in [0.1, 0.15) is 5.82 Å². The third-order valence-electron chi connectivity index (χ3n) is 3.52. The van der Waals surface area contributed by atoms with Crippen molar-refractivity contribution < 1.29 is 14.0 Å². The van der Waals surface area contributed by atoms with Crippen molar-refractivity contribution in [3.05, 3.63) is 65.5 Å². The molecule has 0 spiro atoms. The molecule has 2 rings (SSSR count). The minimum Gasteiger partial charge on any atom is -0.336 e. The molecule has 120 valence electrons. The highest BCUT2D eigenvalue weighted by Gasteiger charge is 2.14. The lowest BCUT2D eigenvalue weighted by Gasteiger charge is -2.17. The van der Waals surface area contributed by atoms with Gasteiger partial charge >= 0.3 is 0 Å². The van der Waals surface area contributed by atoms with Crippen LogP contribution in [-0.4, -0.2) is 30.3 Å². The van der Waals surface area contributed by atoms with Crippen LogP contribution in [0.4, 0.5) is 10.1 Å². The van der Waals surface area contributed by atoms with Gasteiger partial charge in [0.2, 0.25) is 11.8 Å². The van der Waals surface area contributed by atoms with Crippen LogP contribution in [0.1, 0.15) is 11.1 Å². The van der Waals surface area contributed by atoms with Crippen molar-refractivity contribution in [2.24, 2.45) is 0 Å². The molecule has 0 aromatic heterocycles. The van der Waals surface area contributed by atoms with Crippen LogP contribution in [0, 0.1) is 12.7 Å². The summed E-state index contributed by atoms with van der Waals surface area (Å²) in [6.07, 6.45) is 0.246. The third kappa shape index (κ3) is 4.92. The number of hydrogen-bond acceptors (Lipinski definition) is 2. The summed E-state index contributed by atoms with van der Waals surface area (Å²) in [6, 6.07) is 13.3. The second kappa shape index (κ2) is 7.54. The molecule has 2 amide bonds. The molecule has 4 nitrogen and oxygen atoms in total. The number of hydrogen-bond donors (Lipinski definition) is 1. The fourth-order valence-corrected chi connectivity index (χ4v) is 2.18. The predicted molar refractivity (Wildman–Crippen MR) is 87.5 cm³/mol. The molecular formula is C18H19FN2O2. The van der Waals surface area contributed by atoms with Crippen LogP contribution in [0.5, 0.6) is 0 Å². The predicted octanol–water partition coefficient (Wildman–Crippen LogP) is 2.77. The average molecular weight is 314 g/mol. The van der Waals surface area contributed by atoms with Gasteiger partial charge in [-0.05, 0) is 36.2 Å². The van der Waals surface area contributed by atoms with Gasteiger partial charge in [-0.25, -0.2) is 4.39 Å². The summed E-state index contributed by atoms with van der Waals surface area (Å²) in [7, 11) is 1.58. The molecule has 23 heavy (non-hydrogen) atoms. The molecule has 0 heterocycles. The highest BCUT2D eigenvalue weighted by molar-refractivity contribution is 5.94. The molecule has 0 bridgehead atoms. The Kier molecular flexibility index (Phi) is 5.46. The molecule has 5 heteroatoms. The van der Waals surface area contributed by atoms with Crippen LogP contribution in [-0.2, 0) is 16.0 Å². The van der Waals surface area contributed by atoms with E-state index in [2.05, 4.69) is 5.32 Å². The standard InChI is InChI=1S/C18H19FN2O2/c1-13-6-3-4-7-14(13)10-18(23)21(2)12-17(22)20-16-9-5-8-15(19)11-16/h3-9,11H,10,12H2,1-2H3,(H,20,22). The first-order valence-electron chi connectivity index (χ1n) is 7.29. The van der Waals surface area contributed by atoms with Gasteiger partial charge in [-0.3, -0.25) is 9.59 Å². The number of likely N-dealkylation sites (N-methyl/N-ethyl adjacent to an activating group) is 1. The van der Waals surface area contributed by atoms with Gasteiger partial charge in [0.25, 0.3) is 0 Å². The molecular weight excluding hydrogens is 295 g/mol. The van der Waals surface area contributed by atoms with Gasteiger partial charge < -0.3 is 10.2 Å². The van der Waals surface area contributed by atoms with Crippen LogP contribution in [0.25, 0.3) is 0 Å². The Morgan fingerprint density at radius 1 is 1.13 bits per heavy atom. The zero-order valence-electron chi connectivity index (χ0n) is 13.2. The van der Waals surface area contributed by atoms with Crippen molar-refractivity contribution in [3.8, 4) is 0 Å². The number of anilines is 1. The summed E-state index contributed by atoms with van der Waals surface area (Å²) in [5.74, 6) is -0.934. The minimum absolute atomic E-state index is 0.0821. The van der Waals surface area contributed by atoms with Crippen molar-refractivity contribution in [2.45, 2.75) is 13.3 Å². The van der Waals surface area contributed by atoms with E-state index in [0.29, 0.717) is 5.69 Å². The van der Waals surface area contributed by atoms with E-state index < -0.39 is 5.82 Å². The fraction of sp³-hybridized carbons (Fsp3) is 0.222. The Labute approximate surface area is 134 Å². The summed E-state index contributed by atoms with van der Waals surface area (Å²) < 4.78 is 13.1. The Morgan fingerprint density at radius 3 is 2.57 bits per heavy atom. The molecule has 0 fully saturated rings. The zero-order valence-corrected chi connectivity index (χ0v) is 13.2. The Morgan fingerprint density at radius 2 is 1.87 bits per heavy atom. The lowest BCUT2D eigenvalue weighted by atomic mass is 10.1. The quantitative estimate of drug-likeness (QED) is 0.922. The average Bonchev–Trinajstić information content (AvgIpc) is 2.49. The Balaban J connectivity index is 1.90. The SMILES string of the molecule is Cc1ccccc1CC(=O)N(C)CC(=O)Nc1cccc(F)c1. The van der Waals surface area contributed by atoms with Crippen molar-refractivity contribution in [1.29, 1.82) is 0 Å². The van der Waals surface area contributed by atoms with E-state index in [1.165, 1.54) is 23.1 Å². The largest absolute Gasteiger partial charge is 0.336 e. The van der Waals surface area contributed by atoms with E-state index in [1.807, 2.05) is 31.2 Å². The molecule has 0 aliphatic heterocycles. The Hall–Kier alpha value is -2.69. The third-order valence-corrected chi connectivity index (χ3v) is 3.52. The molecule has 0 unspecified atom stereocenters. The monoisotopic (exact) mass is 314 g/mol. The molecule has 0 aliphatic carbocycles. The van der Waals surface area contributed by atoms with Gasteiger partial charge in [0.15, 0.2) is 0 Å². The number of benzene rings is 2. The van der Waals surface area contributed by atoms with E-state index in [-0.39, 0.29) is 24.8 Å². The summed E-state index contributed by atoms with van der Waals surface area (Å²) >= 11 is 0. The molecule has 2 aromatic carbocycles. The normalized spacial score (nSPS) is 10.2. The minimum atomic E-state index is -0.424. The van der Waals surface area contributed by atoms with Crippen LogP contribution in [0.15, 0.2) is 48.5 Å². The van der Waals surface area contributed by atoms with Crippen molar-refractivity contribution in [2.75, 3.05) is 18.9 Å². The van der Waals surface area contributed by atoms with E-state index in [4.69, 9.17) is 0 Å². The number of nitrogens with zero attached hydrogens (tertiary/aromatic N) is 1. The number of rotatable bonds is 5. The van der Waals surface area contributed by atoms with Gasteiger partial charge in [-0.2, -0.15) is 0 Å². The summed E-state index contributed by atoms with van der Waals surface area (Å²) in [6.45, 7) is 1.86. The molecule has 0 atom stereocenters. The maximum absolute atomic E-state index is 13.1. The van der Waals surface area contributed by atoms with Crippen LogP contribution in [0.3, 0.4) is 0 Å². The van der Waals surface area contributed by atoms with Crippen molar-refractivity contribution in [3.63, 3.8) is 0 Å². The maximum Gasteiger partial charge on any atom is 0.243 e. The number of halogens is 1. The van der Waals surface area contributed by atoms with E-state index in [0.717, 1.165) is 11.1 Å². The summed E-state index contributed by atoms with van der Waals surface area (Å²) in [5, 5.41) is 2.57. The van der Waals surface area contributed by atoms with Gasteiger partial charge in [0, 0.05) is 12.7 Å². The number of carbonyl (C=O) groups excluding carboxylic acids is 2. The Bertz CT molecular complexity index is 716. The number of amides is 2.